The first kappa shape index (κ1) is 21.1. The van der Waals surface area contributed by atoms with Crippen molar-refractivity contribution in [3.63, 3.8) is 0 Å². The number of aromatic nitrogens is 1. The molecule has 0 atom stereocenters. The third-order valence-electron chi connectivity index (χ3n) is 5.54. The molecular formula is C27H19N3O4. The highest BCUT2D eigenvalue weighted by Crippen LogP contribution is 2.29. The lowest BCUT2D eigenvalue weighted by atomic mass is 10.0. The van der Waals surface area contributed by atoms with Gasteiger partial charge in [0, 0.05) is 28.4 Å². The topological polar surface area (TPSA) is 98.3 Å². The van der Waals surface area contributed by atoms with Crippen LogP contribution in [0.1, 0.15) is 15.9 Å². The van der Waals surface area contributed by atoms with Gasteiger partial charge in [-0.1, -0.05) is 42.5 Å². The van der Waals surface area contributed by atoms with Gasteiger partial charge >= 0.3 is 0 Å². The molecule has 1 heterocycles. The smallest absolute Gasteiger partial charge is 0.272 e. The van der Waals surface area contributed by atoms with Crippen LogP contribution in [0.15, 0.2) is 95.4 Å². The predicted octanol–water partition coefficient (Wildman–Crippen LogP) is 6.63. The number of nitro groups is 1. The molecule has 0 aliphatic rings. The van der Waals surface area contributed by atoms with Gasteiger partial charge in [0.25, 0.3) is 11.6 Å². The van der Waals surface area contributed by atoms with Crippen LogP contribution in [-0.2, 0) is 0 Å². The van der Waals surface area contributed by atoms with Crippen molar-refractivity contribution in [2.24, 2.45) is 0 Å². The molecule has 4 aromatic carbocycles. The number of fused-ring (bicyclic) bond motifs is 1. The third-order valence-corrected chi connectivity index (χ3v) is 5.54. The summed E-state index contributed by atoms with van der Waals surface area (Å²) in [4.78, 5) is 27.7. The predicted molar refractivity (Wildman–Crippen MR) is 131 cm³/mol. The molecule has 1 N–H and O–H groups in total. The van der Waals surface area contributed by atoms with Crippen LogP contribution in [0.4, 0.5) is 11.4 Å². The van der Waals surface area contributed by atoms with Crippen molar-refractivity contribution in [1.29, 1.82) is 0 Å². The minimum absolute atomic E-state index is 0.0232. The maximum atomic E-state index is 12.6. The van der Waals surface area contributed by atoms with Crippen LogP contribution in [0.2, 0.25) is 0 Å². The molecule has 0 aliphatic carbocycles. The summed E-state index contributed by atoms with van der Waals surface area (Å²) in [7, 11) is 0. The van der Waals surface area contributed by atoms with E-state index in [-0.39, 0.29) is 11.6 Å². The van der Waals surface area contributed by atoms with Gasteiger partial charge in [0.2, 0.25) is 5.89 Å². The highest BCUT2D eigenvalue weighted by Gasteiger charge is 2.15. The fraction of sp³-hybridized carbons (Fsp3) is 0.0370. The number of anilines is 1. The number of hydrogen-bond donors (Lipinski definition) is 1. The maximum Gasteiger partial charge on any atom is 0.272 e. The van der Waals surface area contributed by atoms with Crippen LogP contribution in [0, 0.1) is 17.0 Å². The van der Waals surface area contributed by atoms with Gasteiger partial charge in [-0.15, -0.1) is 0 Å². The number of nitro benzene ring substituents is 1. The van der Waals surface area contributed by atoms with Gasteiger partial charge in [0.15, 0.2) is 5.58 Å². The van der Waals surface area contributed by atoms with Crippen LogP contribution >= 0.6 is 0 Å². The fourth-order valence-electron chi connectivity index (χ4n) is 3.77. The summed E-state index contributed by atoms with van der Waals surface area (Å²) in [6.45, 7) is 1.60. The van der Waals surface area contributed by atoms with Crippen molar-refractivity contribution in [2.45, 2.75) is 6.92 Å². The van der Waals surface area contributed by atoms with Gasteiger partial charge in [0.1, 0.15) is 5.52 Å². The molecule has 0 radical (unpaired) electrons. The van der Waals surface area contributed by atoms with Gasteiger partial charge in [-0.2, -0.15) is 0 Å². The molecule has 1 amide bonds. The number of nitrogens with zero attached hydrogens (tertiary/aromatic N) is 2. The number of carbonyl (C=O) groups excluding carboxylic acids is 1. The number of amides is 1. The van der Waals surface area contributed by atoms with Crippen molar-refractivity contribution in [3.8, 4) is 22.6 Å². The zero-order valence-electron chi connectivity index (χ0n) is 18.2. The number of aryl methyl sites for hydroxylation is 1. The molecule has 5 aromatic rings. The van der Waals surface area contributed by atoms with E-state index in [0.29, 0.717) is 33.8 Å². The number of benzene rings is 4. The maximum absolute atomic E-state index is 12.6. The molecule has 0 saturated carbocycles. The lowest BCUT2D eigenvalue weighted by Crippen LogP contribution is -2.12. The Balaban J connectivity index is 1.36. The summed E-state index contributed by atoms with van der Waals surface area (Å²) in [5.74, 6) is 0.127. The van der Waals surface area contributed by atoms with Crippen molar-refractivity contribution >= 4 is 28.4 Å². The van der Waals surface area contributed by atoms with Gasteiger partial charge in [-0.05, 0) is 60.5 Å². The second-order valence-corrected chi connectivity index (χ2v) is 7.86. The number of carbonyl (C=O) groups is 1. The molecule has 0 bridgehead atoms. The second kappa shape index (κ2) is 8.63. The van der Waals surface area contributed by atoms with Gasteiger partial charge in [-0.3, -0.25) is 14.9 Å². The Labute approximate surface area is 194 Å². The first-order valence-corrected chi connectivity index (χ1v) is 10.6. The van der Waals surface area contributed by atoms with Gasteiger partial charge in [0.05, 0.1) is 4.92 Å². The highest BCUT2D eigenvalue weighted by molar-refractivity contribution is 6.05. The summed E-state index contributed by atoms with van der Waals surface area (Å²) in [5, 5.41) is 13.8. The van der Waals surface area contributed by atoms with Crippen LogP contribution in [-0.4, -0.2) is 15.8 Å². The molecule has 0 aliphatic heterocycles. The number of nitrogens with one attached hydrogen (secondary N) is 1. The summed E-state index contributed by atoms with van der Waals surface area (Å²) in [6, 6.07) is 27.6. The summed E-state index contributed by atoms with van der Waals surface area (Å²) >= 11 is 0. The summed E-state index contributed by atoms with van der Waals surface area (Å²) < 4.78 is 5.91. The molecule has 0 unspecified atom stereocenters. The lowest BCUT2D eigenvalue weighted by molar-refractivity contribution is -0.385. The average Bonchev–Trinajstić information content (AvgIpc) is 3.28. The van der Waals surface area contributed by atoms with E-state index < -0.39 is 4.92 Å². The Morgan fingerprint density at radius 3 is 2.29 bits per heavy atom. The normalized spacial score (nSPS) is 10.9. The highest BCUT2D eigenvalue weighted by atomic mass is 16.6. The van der Waals surface area contributed by atoms with Crippen LogP contribution in [0.3, 0.4) is 0 Å². The fourth-order valence-corrected chi connectivity index (χ4v) is 3.77. The quantitative estimate of drug-likeness (QED) is 0.240. The minimum Gasteiger partial charge on any atom is -0.436 e. The molecule has 0 spiro atoms. The van der Waals surface area contributed by atoms with E-state index >= 15 is 0 Å². The second-order valence-electron chi connectivity index (χ2n) is 7.86. The SMILES string of the molecule is Cc1cc(C(=O)Nc2ccc3oc(-c4ccc(-c5ccccc5)cc4)nc3c2)ccc1[N+](=O)[O-]. The van der Waals surface area contributed by atoms with Crippen LogP contribution in [0.5, 0.6) is 0 Å². The largest absolute Gasteiger partial charge is 0.436 e. The molecule has 0 saturated heterocycles. The van der Waals surface area contributed by atoms with E-state index in [9.17, 15) is 14.9 Å². The molecule has 7 nitrogen and oxygen atoms in total. The van der Waals surface area contributed by atoms with E-state index in [1.807, 2.05) is 42.5 Å². The van der Waals surface area contributed by atoms with E-state index in [1.54, 1.807) is 25.1 Å². The van der Waals surface area contributed by atoms with Gasteiger partial charge in [-0.25, -0.2) is 4.98 Å². The Morgan fingerprint density at radius 2 is 1.59 bits per heavy atom. The standard InChI is InChI=1S/C27H19N3O4/c1-17-15-21(11-13-24(17)30(32)33)26(31)28-22-12-14-25-23(16-22)29-27(34-25)20-9-7-19(8-10-20)18-5-3-2-4-6-18/h2-16H,1H3,(H,28,31). The summed E-state index contributed by atoms with van der Waals surface area (Å²) in [6.07, 6.45) is 0. The molecule has 34 heavy (non-hydrogen) atoms. The molecule has 7 heteroatoms. The number of hydrogen-bond acceptors (Lipinski definition) is 5. The average molecular weight is 449 g/mol. The molecule has 0 fully saturated rings. The molecular weight excluding hydrogens is 430 g/mol. The Hall–Kier alpha value is -4.78. The zero-order valence-corrected chi connectivity index (χ0v) is 18.2. The van der Waals surface area contributed by atoms with E-state index in [2.05, 4.69) is 22.4 Å². The molecule has 166 valence electrons. The zero-order chi connectivity index (χ0) is 23.7. The van der Waals surface area contributed by atoms with E-state index in [1.165, 1.54) is 18.2 Å². The van der Waals surface area contributed by atoms with Crippen LogP contribution < -0.4 is 5.32 Å². The molecule has 5 rings (SSSR count). The monoisotopic (exact) mass is 449 g/mol. The molecule has 1 aromatic heterocycles. The van der Waals surface area contributed by atoms with Crippen LogP contribution in [0.25, 0.3) is 33.7 Å². The Morgan fingerprint density at radius 1 is 0.882 bits per heavy atom. The van der Waals surface area contributed by atoms with Crippen molar-refractivity contribution < 1.29 is 14.1 Å². The van der Waals surface area contributed by atoms with Crippen molar-refractivity contribution in [2.75, 3.05) is 5.32 Å². The van der Waals surface area contributed by atoms with E-state index in [4.69, 9.17) is 4.42 Å². The van der Waals surface area contributed by atoms with Gasteiger partial charge < -0.3 is 9.73 Å². The Kier molecular flexibility index (Phi) is 5.35. The lowest BCUT2D eigenvalue weighted by Gasteiger charge is -2.06. The van der Waals surface area contributed by atoms with Crippen molar-refractivity contribution in [1.82, 2.24) is 4.98 Å². The van der Waals surface area contributed by atoms with Crippen molar-refractivity contribution in [3.05, 3.63) is 112 Å². The minimum atomic E-state index is -0.470. The summed E-state index contributed by atoms with van der Waals surface area (Å²) in [5.41, 5.74) is 5.59. The van der Waals surface area contributed by atoms with E-state index in [0.717, 1.165) is 16.7 Å². The first-order valence-electron chi connectivity index (χ1n) is 10.6. The number of oxazole rings is 1. The number of rotatable bonds is 5. The Bertz CT molecular complexity index is 1520. The third kappa shape index (κ3) is 4.14. The first-order chi connectivity index (χ1) is 16.5.